The van der Waals surface area contributed by atoms with Crippen molar-refractivity contribution in [1.29, 1.82) is 0 Å². The normalized spacial score (nSPS) is 13.2. The fourth-order valence-corrected chi connectivity index (χ4v) is 1.91. The van der Waals surface area contributed by atoms with Crippen LogP contribution in [-0.4, -0.2) is 17.0 Å². The highest BCUT2D eigenvalue weighted by Gasteiger charge is 2.06. The molecule has 0 aromatic carbocycles. The predicted octanol–water partition coefficient (Wildman–Crippen LogP) is 2.32. The maximum atomic E-state index is 5.45. The Morgan fingerprint density at radius 1 is 1.54 bits per heavy atom. The number of hydrogen-bond donors (Lipinski definition) is 2. The van der Waals surface area contributed by atoms with Gasteiger partial charge in [0, 0.05) is 11.8 Å². The lowest BCUT2D eigenvalue weighted by Crippen LogP contribution is -2.37. The van der Waals surface area contributed by atoms with Gasteiger partial charge in [-0.05, 0) is 24.5 Å². The number of nitrogens with two attached hydrogens (primary N) is 1. The van der Waals surface area contributed by atoms with Crippen LogP contribution in [0.4, 0.5) is 0 Å². The summed E-state index contributed by atoms with van der Waals surface area (Å²) in [4.78, 5) is 0. The molecule has 0 aliphatic rings. The standard InChI is InChI=1S/C10H22N2S/c1-4-5-6-7-10(12-11)8-13-9(2)3/h4,9-10,12H,1,5-8,11H2,2-3H3. The molecule has 13 heavy (non-hydrogen) atoms. The molecule has 2 nitrogen and oxygen atoms in total. The van der Waals surface area contributed by atoms with E-state index in [1.807, 2.05) is 17.8 Å². The molecule has 0 saturated carbocycles. The molecule has 0 rings (SSSR count). The third kappa shape index (κ3) is 8.34. The van der Waals surface area contributed by atoms with Crippen LogP contribution in [-0.2, 0) is 0 Å². The van der Waals surface area contributed by atoms with Gasteiger partial charge in [-0.3, -0.25) is 11.3 Å². The molecule has 78 valence electrons. The van der Waals surface area contributed by atoms with Crippen LogP contribution < -0.4 is 11.3 Å². The molecule has 1 unspecified atom stereocenters. The average Bonchev–Trinajstić information content (AvgIpc) is 2.10. The first-order valence-corrected chi connectivity index (χ1v) is 5.94. The summed E-state index contributed by atoms with van der Waals surface area (Å²) >= 11 is 1.95. The second kappa shape index (κ2) is 8.60. The molecule has 0 spiro atoms. The van der Waals surface area contributed by atoms with Gasteiger partial charge >= 0.3 is 0 Å². The van der Waals surface area contributed by atoms with Gasteiger partial charge in [-0.15, -0.1) is 6.58 Å². The van der Waals surface area contributed by atoms with E-state index >= 15 is 0 Å². The van der Waals surface area contributed by atoms with Gasteiger partial charge in [0.15, 0.2) is 0 Å². The van der Waals surface area contributed by atoms with Crippen molar-refractivity contribution in [3.05, 3.63) is 12.7 Å². The molecule has 0 aromatic rings. The second-order valence-electron chi connectivity index (χ2n) is 3.47. The number of nitrogens with one attached hydrogen (secondary N) is 1. The van der Waals surface area contributed by atoms with Crippen molar-refractivity contribution in [3.8, 4) is 0 Å². The highest BCUT2D eigenvalue weighted by Crippen LogP contribution is 2.13. The molecule has 0 saturated heterocycles. The Kier molecular flexibility index (Phi) is 8.61. The van der Waals surface area contributed by atoms with E-state index in [9.17, 15) is 0 Å². The molecule has 0 fully saturated rings. The van der Waals surface area contributed by atoms with E-state index in [0.717, 1.165) is 18.6 Å². The van der Waals surface area contributed by atoms with Gasteiger partial charge in [0.2, 0.25) is 0 Å². The molecule has 0 aliphatic heterocycles. The maximum Gasteiger partial charge on any atom is 0.0301 e. The minimum Gasteiger partial charge on any atom is -0.271 e. The van der Waals surface area contributed by atoms with Gasteiger partial charge < -0.3 is 0 Å². The minimum atomic E-state index is 0.451. The number of rotatable bonds is 8. The van der Waals surface area contributed by atoms with Gasteiger partial charge in [0.1, 0.15) is 0 Å². The van der Waals surface area contributed by atoms with Gasteiger partial charge in [0.25, 0.3) is 0 Å². The lowest BCUT2D eigenvalue weighted by atomic mass is 10.1. The molecule has 3 N–H and O–H groups in total. The Balaban J connectivity index is 3.44. The maximum absolute atomic E-state index is 5.45. The van der Waals surface area contributed by atoms with Crippen LogP contribution in [0.5, 0.6) is 0 Å². The first-order chi connectivity index (χ1) is 6.20. The number of unbranched alkanes of at least 4 members (excludes halogenated alkanes) is 1. The number of hydrazine groups is 1. The predicted molar refractivity (Wildman–Crippen MR) is 62.8 cm³/mol. The van der Waals surface area contributed by atoms with Crippen molar-refractivity contribution in [2.75, 3.05) is 5.75 Å². The lowest BCUT2D eigenvalue weighted by molar-refractivity contribution is 0.522. The highest BCUT2D eigenvalue weighted by molar-refractivity contribution is 7.99. The van der Waals surface area contributed by atoms with E-state index in [4.69, 9.17) is 5.84 Å². The Morgan fingerprint density at radius 3 is 2.69 bits per heavy atom. The zero-order valence-corrected chi connectivity index (χ0v) is 9.57. The Hall–Kier alpha value is 0.01000. The Morgan fingerprint density at radius 2 is 2.23 bits per heavy atom. The average molecular weight is 202 g/mol. The summed E-state index contributed by atoms with van der Waals surface area (Å²) in [5.41, 5.74) is 2.86. The van der Waals surface area contributed by atoms with E-state index < -0.39 is 0 Å². The monoisotopic (exact) mass is 202 g/mol. The third-order valence-electron chi connectivity index (χ3n) is 1.83. The third-order valence-corrected chi connectivity index (χ3v) is 3.09. The summed E-state index contributed by atoms with van der Waals surface area (Å²) < 4.78 is 0. The molecule has 0 radical (unpaired) electrons. The van der Waals surface area contributed by atoms with Gasteiger partial charge in [-0.2, -0.15) is 11.8 Å². The zero-order chi connectivity index (χ0) is 10.1. The fraction of sp³-hybridized carbons (Fsp3) is 0.800. The smallest absolute Gasteiger partial charge is 0.0301 e. The zero-order valence-electron chi connectivity index (χ0n) is 8.75. The molecule has 3 heteroatoms. The molecule has 0 heterocycles. The van der Waals surface area contributed by atoms with E-state index in [-0.39, 0.29) is 0 Å². The van der Waals surface area contributed by atoms with Gasteiger partial charge in [-0.1, -0.05) is 19.9 Å². The quantitative estimate of drug-likeness (QED) is 0.274. The van der Waals surface area contributed by atoms with Crippen molar-refractivity contribution in [3.63, 3.8) is 0 Å². The second-order valence-corrected chi connectivity index (χ2v) is 5.07. The number of hydrogen-bond acceptors (Lipinski definition) is 3. The number of thioether (sulfide) groups is 1. The van der Waals surface area contributed by atoms with Gasteiger partial charge in [-0.25, -0.2) is 0 Å². The summed E-state index contributed by atoms with van der Waals surface area (Å²) in [7, 11) is 0. The van der Waals surface area contributed by atoms with Crippen molar-refractivity contribution in [2.24, 2.45) is 5.84 Å². The van der Waals surface area contributed by atoms with Crippen molar-refractivity contribution in [1.82, 2.24) is 5.43 Å². The van der Waals surface area contributed by atoms with Crippen LogP contribution >= 0.6 is 11.8 Å². The van der Waals surface area contributed by atoms with Crippen molar-refractivity contribution >= 4 is 11.8 Å². The number of allylic oxidation sites excluding steroid dienone is 1. The molecular formula is C10H22N2S. The van der Waals surface area contributed by atoms with E-state index in [1.54, 1.807) is 0 Å². The Bertz CT molecular complexity index is 126. The van der Waals surface area contributed by atoms with Crippen LogP contribution in [0, 0.1) is 0 Å². The Labute approximate surface area is 86.3 Å². The van der Waals surface area contributed by atoms with Crippen LogP contribution in [0.3, 0.4) is 0 Å². The molecule has 0 amide bonds. The first kappa shape index (κ1) is 13.0. The fourth-order valence-electron chi connectivity index (χ4n) is 1.03. The molecule has 0 bridgehead atoms. The summed E-state index contributed by atoms with van der Waals surface area (Å²) in [5.74, 6) is 6.55. The van der Waals surface area contributed by atoms with Crippen LogP contribution in [0.2, 0.25) is 0 Å². The first-order valence-electron chi connectivity index (χ1n) is 4.89. The molecule has 0 aromatic heterocycles. The highest BCUT2D eigenvalue weighted by atomic mass is 32.2. The van der Waals surface area contributed by atoms with Gasteiger partial charge in [0.05, 0.1) is 0 Å². The van der Waals surface area contributed by atoms with E-state index in [2.05, 4.69) is 25.9 Å². The largest absolute Gasteiger partial charge is 0.271 e. The van der Waals surface area contributed by atoms with Crippen molar-refractivity contribution < 1.29 is 0 Å². The summed E-state index contributed by atoms with van der Waals surface area (Å²) in [6.07, 6.45) is 5.37. The minimum absolute atomic E-state index is 0.451. The van der Waals surface area contributed by atoms with Crippen LogP contribution in [0.1, 0.15) is 33.1 Å². The summed E-state index contributed by atoms with van der Waals surface area (Å²) in [6.45, 7) is 8.12. The molecule has 0 aliphatic carbocycles. The van der Waals surface area contributed by atoms with Crippen LogP contribution in [0.25, 0.3) is 0 Å². The van der Waals surface area contributed by atoms with Crippen LogP contribution in [0.15, 0.2) is 12.7 Å². The lowest BCUT2D eigenvalue weighted by Gasteiger charge is -2.16. The SMILES string of the molecule is C=CCCCC(CSC(C)C)NN. The van der Waals surface area contributed by atoms with E-state index in [1.165, 1.54) is 6.42 Å². The van der Waals surface area contributed by atoms with E-state index in [0.29, 0.717) is 11.3 Å². The topological polar surface area (TPSA) is 38.0 Å². The summed E-state index contributed by atoms with van der Waals surface area (Å²) in [6, 6.07) is 0.451. The molecule has 1 atom stereocenters. The van der Waals surface area contributed by atoms with Crippen molar-refractivity contribution in [2.45, 2.75) is 44.4 Å². The molecular weight excluding hydrogens is 180 g/mol. The summed E-state index contributed by atoms with van der Waals surface area (Å²) in [5, 5.41) is 0.690.